The van der Waals surface area contributed by atoms with E-state index in [4.69, 9.17) is 9.47 Å². The van der Waals surface area contributed by atoms with Gasteiger partial charge in [0.05, 0.1) is 6.10 Å². The molecular formula is C19H34N2O3. The number of hydrogen-bond acceptors (Lipinski definition) is 4. The first-order chi connectivity index (χ1) is 11.4. The number of hydrogen-bond donors (Lipinski definition) is 2. The predicted molar refractivity (Wildman–Crippen MR) is 94.0 cm³/mol. The van der Waals surface area contributed by atoms with Crippen molar-refractivity contribution in [3.05, 3.63) is 0 Å². The topological polar surface area (TPSA) is 59.6 Å². The molecule has 0 aromatic carbocycles. The number of amides is 1. The average molecular weight is 338 g/mol. The first-order valence-corrected chi connectivity index (χ1v) is 9.77. The quantitative estimate of drug-likeness (QED) is 0.808. The highest BCUT2D eigenvalue weighted by Crippen LogP contribution is 2.39. The van der Waals surface area contributed by atoms with Gasteiger partial charge in [-0.1, -0.05) is 12.8 Å². The fraction of sp³-hybridized carbons (Fsp3) is 0.947. The van der Waals surface area contributed by atoms with Crippen LogP contribution in [0.5, 0.6) is 0 Å². The Morgan fingerprint density at radius 1 is 1.08 bits per heavy atom. The number of nitrogens with one attached hydrogen (secondary N) is 2. The molecule has 0 aromatic heterocycles. The van der Waals surface area contributed by atoms with Gasteiger partial charge in [0.2, 0.25) is 0 Å². The minimum atomic E-state index is -0.438. The van der Waals surface area contributed by atoms with Crippen molar-refractivity contribution in [3.8, 4) is 0 Å². The molecule has 24 heavy (non-hydrogen) atoms. The number of ether oxygens (including phenoxy) is 2. The highest BCUT2D eigenvalue weighted by atomic mass is 16.6. The van der Waals surface area contributed by atoms with Gasteiger partial charge >= 0.3 is 6.09 Å². The molecule has 1 aliphatic heterocycles. The molecule has 2 aliphatic carbocycles. The molecule has 1 heterocycles. The van der Waals surface area contributed by atoms with Crippen LogP contribution in [-0.4, -0.2) is 43.0 Å². The summed E-state index contributed by atoms with van der Waals surface area (Å²) in [7, 11) is 0. The zero-order chi connectivity index (χ0) is 17.2. The van der Waals surface area contributed by atoms with Crippen molar-refractivity contribution in [1.29, 1.82) is 0 Å². The summed E-state index contributed by atoms with van der Waals surface area (Å²) in [5.74, 6) is 1.28. The Bertz CT molecular complexity index is 431. The van der Waals surface area contributed by atoms with Gasteiger partial charge in [0.25, 0.3) is 0 Å². The molecule has 5 heteroatoms. The monoisotopic (exact) mass is 338 g/mol. The summed E-state index contributed by atoms with van der Waals surface area (Å²) in [5.41, 5.74) is -0.438. The van der Waals surface area contributed by atoms with Gasteiger partial charge in [-0.15, -0.1) is 0 Å². The van der Waals surface area contributed by atoms with Crippen LogP contribution in [0.3, 0.4) is 0 Å². The summed E-state index contributed by atoms with van der Waals surface area (Å²) in [5, 5.41) is 6.87. The SMILES string of the molecule is CC(C)(C)OC(=O)NCC1CCCCC1NC1CCOC1C1CC1. The van der Waals surface area contributed by atoms with Crippen LogP contribution in [0.2, 0.25) is 0 Å². The first kappa shape index (κ1) is 18.0. The van der Waals surface area contributed by atoms with Crippen molar-refractivity contribution in [1.82, 2.24) is 10.6 Å². The molecule has 4 unspecified atom stereocenters. The summed E-state index contributed by atoms with van der Waals surface area (Å²) >= 11 is 0. The van der Waals surface area contributed by atoms with E-state index in [1.54, 1.807) is 0 Å². The lowest BCUT2D eigenvalue weighted by atomic mass is 9.83. The zero-order valence-electron chi connectivity index (χ0n) is 15.5. The van der Waals surface area contributed by atoms with Gasteiger partial charge in [0.15, 0.2) is 0 Å². The van der Waals surface area contributed by atoms with E-state index in [0.717, 1.165) is 18.9 Å². The van der Waals surface area contributed by atoms with E-state index < -0.39 is 5.60 Å². The molecule has 3 fully saturated rings. The number of carbonyl (C=O) groups excluding carboxylic acids is 1. The van der Waals surface area contributed by atoms with Crippen molar-refractivity contribution in [2.45, 2.75) is 89.5 Å². The van der Waals surface area contributed by atoms with Crippen LogP contribution in [-0.2, 0) is 9.47 Å². The van der Waals surface area contributed by atoms with E-state index in [-0.39, 0.29) is 6.09 Å². The van der Waals surface area contributed by atoms with Gasteiger partial charge in [0.1, 0.15) is 5.60 Å². The summed E-state index contributed by atoms with van der Waals surface area (Å²) in [6, 6.07) is 0.992. The van der Waals surface area contributed by atoms with Crippen LogP contribution in [0.25, 0.3) is 0 Å². The highest BCUT2D eigenvalue weighted by Gasteiger charge is 2.42. The average Bonchev–Trinajstić information content (AvgIpc) is 3.25. The second kappa shape index (κ2) is 7.61. The zero-order valence-corrected chi connectivity index (χ0v) is 15.5. The first-order valence-electron chi connectivity index (χ1n) is 9.77. The standard InChI is InChI=1S/C19H34N2O3/c1-19(2,3)24-18(22)20-12-14-6-4-5-7-15(14)21-16-10-11-23-17(16)13-8-9-13/h13-17,21H,4-12H2,1-3H3,(H,20,22). The molecule has 5 nitrogen and oxygen atoms in total. The van der Waals surface area contributed by atoms with Crippen molar-refractivity contribution in [3.63, 3.8) is 0 Å². The summed E-state index contributed by atoms with van der Waals surface area (Å²) < 4.78 is 11.3. The second-order valence-corrected chi connectivity index (χ2v) is 8.77. The number of carbonyl (C=O) groups is 1. The Balaban J connectivity index is 1.49. The molecule has 0 spiro atoms. The smallest absolute Gasteiger partial charge is 0.407 e. The van der Waals surface area contributed by atoms with E-state index >= 15 is 0 Å². The van der Waals surface area contributed by atoms with E-state index in [1.807, 2.05) is 20.8 Å². The third kappa shape index (κ3) is 5.09. The molecule has 3 aliphatic rings. The Hall–Kier alpha value is -0.810. The Morgan fingerprint density at radius 3 is 2.54 bits per heavy atom. The van der Waals surface area contributed by atoms with E-state index in [0.29, 0.717) is 30.7 Å². The van der Waals surface area contributed by atoms with Crippen LogP contribution in [0.15, 0.2) is 0 Å². The molecule has 2 N–H and O–H groups in total. The lowest BCUT2D eigenvalue weighted by Crippen LogP contribution is -2.50. The van der Waals surface area contributed by atoms with Gasteiger partial charge < -0.3 is 20.1 Å². The summed E-state index contributed by atoms with van der Waals surface area (Å²) in [6.45, 7) is 7.29. The Kier molecular flexibility index (Phi) is 5.70. The summed E-state index contributed by atoms with van der Waals surface area (Å²) in [4.78, 5) is 11.9. The lowest BCUT2D eigenvalue weighted by molar-refractivity contribution is 0.0503. The fourth-order valence-corrected chi connectivity index (χ4v) is 4.15. The van der Waals surface area contributed by atoms with Crippen LogP contribution >= 0.6 is 0 Å². The fourth-order valence-electron chi connectivity index (χ4n) is 4.15. The molecule has 4 atom stereocenters. The van der Waals surface area contributed by atoms with Crippen LogP contribution < -0.4 is 10.6 Å². The van der Waals surface area contributed by atoms with Crippen molar-refractivity contribution >= 4 is 6.09 Å². The molecule has 0 bridgehead atoms. The van der Waals surface area contributed by atoms with E-state index in [1.165, 1.54) is 38.5 Å². The third-order valence-electron chi connectivity index (χ3n) is 5.47. The molecule has 1 amide bonds. The van der Waals surface area contributed by atoms with E-state index in [2.05, 4.69) is 10.6 Å². The van der Waals surface area contributed by atoms with Crippen molar-refractivity contribution in [2.24, 2.45) is 11.8 Å². The van der Waals surface area contributed by atoms with Crippen LogP contribution in [0, 0.1) is 11.8 Å². The molecule has 2 saturated carbocycles. The molecule has 0 radical (unpaired) electrons. The minimum Gasteiger partial charge on any atom is -0.444 e. The van der Waals surface area contributed by atoms with Crippen molar-refractivity contribution < 1.29 is 14.3 Å². The van der Waals surface area contributed by atoms with E-state index in [9.17, 15) is 4.79 Å². The maximum atomic E-state index is 11.9. The highest BCUT2D eigenvalue weighted by molar-refractivity contribution is 5.67. The number of alkyl carbamates (subject to hydrolysis) is 1. The van der Waals surface area contributed by atoms with Gasteiger partial charge in [-0.25, -0.2) is 4.79 Å². The van der Waals surface area contributed by atoms with Crippen LogP contribution in [0.4, 0.5) is 4.79 Å². The summed E-state index contributed by atoms with van der Waals surface area (Å²) in [6.07, 6.45) is 8.83. The maximum Gasteiger partial charge on any atom is 0.407 e. The molecular weight excluding hydrogens is 304 g/mol. The van der Waals surface area contributed by atoms with Gasteiger partial charge in [-0.05, 0) is 64.7 Å². The Labute approximate surface area is 146 Å². The van der Waals surface area contributed by atoms with Gasteiger partial charge in [-0.3, -0.25) is 0 Å². The second-order valence-electron chi connectivity index (χ2n) is 8.77. The lowest BCUT2D eigenvalue weighted by Gasteiger charge is -2.35. The molecule has 1 saturated heterocycles. The Morgan fingerprint density at radius 2 is 1.83 bits per heavy atom. The van der Waals surface area contributed by atoms with Crippen LogP contribution in [0.1, 0.15) is 65.7 Å². The number of rotatable bonds is 5. The van der Waals surface area contributed by atoms with Gasteiger partial charge in [0, 0.05) is 25.2 Å². The van der Waals surface area contributed by atoms with Gasteiger partial charge in [-0.2, -0.15) is 0 Å². The minimum absolute atomic E-state index is 0.299. The third-order valence-corrected chi connectivity index (χ3v) is 5.47. The normalized spacial score (nSPS) is 34.1. The van der Waals surface area contributed by atoms with Crippen molar-refractivity contribution in [2.75, 3.05) is 13.2 Å². The largest absolute Gasteiger partial charge is 0.444 e. The molecule has 138 valence electrons. The molecule has 3 rings (SSSR count). The molecule has 0 aromatic rings. The predicted octanol–water partition coefficient (Wildman–Crippen LogP) is 3.23. The maximum absolute atomic E-state index is 11.9.